The Morgan fingerprint density at radius 2 is 2.43 bits per heavy atom. The molecule has 0 radical (unpaired) electrons. The van der Waals surface area contributed by atoms with Crippen LogP contribution in [-0.2, 0) is 19.5 Å². The smallest absolute Gasteiger partial charge is 0.0579 e. The Balaban J connectivity index is 2.15. The molecule has 78 valence electrons. The number of likely N-dealkylation sites (N-methyl/N-ethyl adjacent to an activating group) is 1. The van der Waals surface area contributed by atoms with Crippen molar-refractivity contribution in [2.45, 2.75) is 19.5 Å². The standard InChI is InChI=1S/C10H16N2OS/c1-11-4-3-10-8(6-11)5-9(14-10)7-12(2)13/h5,13H,3-4,6-7H2,1-2H3. The minimum absolute atomic E-state index is 0.640. The number of hydroxylamine groups is 2. The lowest BCUT2D eigenvalue weighted by molar-refractivity contribution is -0.0723. The van der Waals surface area contributed by atoms with Crippen LogP contribution in [0.25, 0.3) is 0 Å². The van der Waals surface area contributed by atoms with E-state index in [9.17, 15) is 0 Å². The molecule has 0 amide bonds. The molecule has 0 spiro atoms. The van der Waals surface area contributed by atoms with Crippen molar-refractivity contribution in [2.75, 3.05) is 20.6 Å². The molecule has 14 heavy (non-hydrogen) atoms. The van der Waals surface area contributed by atoms with Crippen LogP contribution in [0.1, 0.15) is 15.3 Å². The summed E-state index contributed by atoms with van der Waals surface area (Å²) in [4.78, 5) is 5.09. The number of thiophene rings is 1. The lowest BCUT2D eigenvalue weighted by atomic mass is 10.1. The fourth-order valence-electron chi connectivity index (χ4n) is 1.84. The predicted octanol–water partition coefficient (Wildman–Crippen LogP) is 1.56. The van der Waals surface area contributed by atoms with E-state index < -0.39 is 0 Å². The monoisotopic (exact) mass is 212 g/mol. The second-order valence-electron chi connectivity index (χ2n) is 3.96. The Hall–Kier alpha value is -0.420. The van der Waals surface area contributed by atoms with E-state index in [4.69, 9.17) is 5.21 Å². The maximum absolute atomic E-state index is 9.15. The molecule has 0 aliphatic carbocycles. The molecular formula is C10H16N2OS. The molecule has 0 saturated carbocycles. The Bertz CT molecular complexity index is 322. The molecule has 1 N–H and O–H groups in total. The van der Waals surface area contributed by atoms with Gasteiger partial charge in [-0.25, -0.2) is 0 Å². The Labute approximate surface area is 88.5 Å². The van der Waals surface area contributed by atoms with Gasteiger partial charge in [0, 0.05) is 29.9 Å². The number of fused-ring (bicyclic) bond motifs is 1. The summed E-state index contributed by atoms with van der Waals surface area (Å²) in [5, 5.41) is 10.4. The average molecular weight is 212 g/mol. The lowest BCUT2D eigenvalue weighted by Gasteiger charge is -2.21. The van der Waals surface area contributed by atoms with E-state index in [0.29, 0.717) is 6.54 Å². The third-order valence-electron chi connectivity index (χ3n) is 2.49. The SMILES string of the molecule is CN(O)Cc1cc2c(s1)CCN(C)C2. The van der Waals surface area contributed by atoms with Crippen molar-refractivity contribution >= 4 is 11.3 Å². The summed E-state index contributed by atoms with van der Waals surface area (Å²) >= 11 is 1.84. The first kappa shape index (κ1) is 10.1. The lowest BCUT2D eigenvalue weighted by Crippen LogP contribution is -2.25. The molecule has 0 bridgehead atoms. The average Bonchev–Trinajstić information content (AvgIpc) is 2.44. The van der Waals surface area contributed by atoms with Gasteiger partial charge in [0.25, 0.3) is 0 Å². The molecule has 2 heterocycles. The zero-order valence-electron chi connectivity index (χ0n) is 8.66. The second-order valence-corrected chi connectivity index (χ2v) is 5.19. The van der Waals surface area contributed by atoms with Gasteiger partial charge in [-0.3, -0.25) is 0 Å². The van der Waals surface area contributed by atoms with Gasteiger partial charge in [-0.1, -0.05) is 0 Å². The molecule has 0 aromatic carbocycles. The molecule has 1 aromatic rings. The largest absolute Gasteiger partial charge is 0.314 e. The maximum Gasteiger partial charge on any atom is 0.0579 e. The molecule has 0 saturated heterocycles. The maximum atomic E-state index is 9.15. The minimum Gasteiger partial charge on any atom is -0.314 e. The zero-order chi connectivity index (χ0) is 10.1. The van der Waals surface area contributed by atoms with Crippen LogP contribution >= 0.6 is 11.3 Å². The first-order valence-corrected chi connectivity index (χ1v) is 5.66. The van der Waals surface area contributed by atoms with Crippen molar-refractivity contribution in [2.24, 2.45) is 0 Å². The van der Waals surface area contributed by atoms with E-state index in [1.165, 1.54) is 20.4 Å². The fraction of sp³-hybridized carbons (Fsp3) is 0.600. The summed E-state index contributed by atoms with van der Waals surface area (Å²) in [6.45, 7) is 2.85. The van der Waals surface area contributed by atoms with E-state index in [2.05, 4.69) is 18.0 Å². The van der Waals surface area contributed by atoms with Crippen LogP contribution in [0.15, 0.2) is 6.07 Å². The van der Waals surface area contributed by atoms with Crippen molar-refractivity contribution in [3.05, 3.63) is 21.4 Å². The van der Waals surface area contributed by atoms with E-state index in [1.807, 2.05) is 11.3 Å². The van der Waals surface area contributed by atoms with Crippen LogP contribution < -0.4 is 0 Å². The molecule has 0 fully saturated rings. The van der Waals surface area contributed by atoms with Gasteiger partial charge in [-0.2, -0.15) is 5.06 Å². The highest BCUT2D eigenvalue weighted by Gasteiger charge is 2.16. The number of nitrogens with zero attached hydrogens (tertiary/aromatic N) is 2. The summed E-state index contributed by atoms with van der Waals surface area (Å²) in [6, 6.07) is 2.22. The van der Waals surface area contributed by atoms with Crippen molar-refractivity contribution in [3.63, 3.8) is 0 Å². The molecule has 0 atom stereocenters. The van der Waals surface area contributed by atoms with Crippen LogP contribution in [0.5, 0.6) is 0 Å². The van der Waals surface area contributed by atoms with Crippen LogP contribution in [0, 0.1) is 0 Å². The van der Waals surface area contributed by atoms with Crippen LogP contribution in [0.3, 0.4) is 0 Å². The van der Waals surface area contributed by atoms with E-state index >= 15 is 0 Å². The first-order valence-electron chi connectivity index (χ1n) is 4.84. The Morgan fingerprint density at radius 3 is 3.14 bits per heavy atom. The van der Waals surface area contributed by atoms with Gasteiger partial charge in [0.1, 0.15) is 0 Å². The van der Waals surface area contributed by atoms with Crippen molar-refractivity contribution in [1.82, 2.24) is 9.96 Å². The van der Waals surface area contributed by atoms with Gasteiger partial charge in [0.2, 0.25) is 0 Å². The fourth-order valence-corrected chi connectivity index (χ4v) is 3.06. The summed E-state index contributed by atoms with van der Waals surface area (Å²) in [6.07, 6.45) is 1.16. The van der Waals surface area contributed by atoms with Crippen LogP contribution in [0.4, 0.5) is 0 Å². The molecule has 1 aliphatic heterocycles. The summed E-state index contributed by atoms with van der Waals surface area (Å²) in [7, 11) is 3.84. The van der Waals surface area contributed by atoms with Gasteiger partial charge in [0.05, 0.1) is 6.54 Å². The van der Waals surface area contributed by atoms with E-state index in [1.54, 1.807) is 7.05 Å². The van der Waals surface area contributed by atoms with Gasteiger partial charge < -0.3 is 10.1 Å². The van der Waals surface area contributed by atoms with E-state index in [0.717, 1.165) is 19.5 Å². The quantitative estimate of drug-likeness (QED) is 0.754. The zero-order valence-corrected chi connectivity index (χ0v) is 9.47. The van der Waals surface area contributed by atoms with Crippen molar-refractivity contribution in [3.8, 4) is 0 Å². The molecular weight excluding hydrogens is 196 g/mol. The summed E-state index contributed by atoms with van der Waals surface area (Å²) in [5.41, 5.74) is 1.45. The summed E-state index contributed by atoms with van der Waals surface area (Å²) in [5.74, 6) is 0. The predicted molar refractivity (Wildman–Crippen MR) is 57.6 cm³/mol. The molecule has 1 aromatic heterocycles. The highest BCUT2D eigenvalue weighted by atomic mass is 32.1. The third kappa shape index (κ3) is 2.15. The Morgan fingerprint density at radius 1 is 1.64 bits per heavy atom. The topological polar surface area (TPSA) is 26.7 Å². The van der Waals surface area contributed by atoms with E-state index in [-0.39, 0.29) is 0 Å². The normalized spacial score (nSPS) is 17.4. The van der Waals surface area contributed by atoms with Crippen molar-refractivity contribution in [1.29, 1.82) is 0 Å². The van der Waals surface area contributed by atoms with Gasteiger partial charge in [-0.15, -0.1) is 11.3 Å². The van der Waals surface area contributed by atoms with Crippen LogP contribution in [0.2, 0.25) is 0 Å². The molecule has 3 nitrogen and oxygen atoms in total. The first-order chi connectivity index (χ1) is 6.65. The molecule has 1 aliphatic rings. The second kappa shape index (κ2) is 3.98. The highest BCUT2D eigenvalue weighted by molar-refractivity contribution is 7.12. The molecule has 0 unspecified atom stereocenters. The number of hydrogen-bond acceptors (Lipinski definition) is 4. The number of rotatable bonds is 2. The highest BCUT2D eigenvalue weighted by Crippen LogP contribution is 2.27. The van der Waals surface area contributed by atoms with Gasteiger partial charge in [0.15, 0.2) is 0 Å². The molecule has 2 rings (SSSR count). The van der Waals surface area contributed by atoms with Crippen LogP contribution in [-0.4, -0.2) is 35.8 Å². The number of hydrogen-bond donors (Lipinski definition) is 1. The van der Waals surface area contributed by atoms with Crippen molar-refractivity contribution < 1.29 is 5.21 Å². The minimum atomic E-state index is 0.640. The molecule has 4 heteroatoms. The summed E-state index contributed by atoms with van der Waals surface area (Å²) < 4.78 is 0. The van der Waals surface area contributed by atoms with Gasteiger partial charge in [-0.05, 0) is 25.1 Å². The third-order valence-corrected chi connectivity index (χ3v) is 3.72. The Kier molecular flexibility index (Phi) is 2.88. The van der Waals surface area contributed by atoms with Gasteiger partial charge >= 0.3 is 0 Å².